The number of halogens is 1. The first kappa shape index (κ1) is 17.3. The van der Waals surface area contributed by atoms with Gasteiger partial charge in [-0.15, -0.1) is 11.6 Å². The molecule has 1 aliphatic carbocycles. The van der Waals surface area contributed by atoms with Gasteiger partial charge in [0.05, 0.1) is 17.2 Å². The van der Waals surface area contributed by atoms with E-state index in [2.05, 4.69) is 5.32 Å². The van der Waals surface area contributed by atoms with E-state index in [4.69, 9.17) is 16.0 Å². The summed E-state index contributed by atoms with van der Waals surface area (Å²) in [5, 5.41) is 11.7. The van der Waals surface area contributed by atoms with E-state index in [1.807, 2.05) is 0 Å². The molecule has 5 nitrogen and oxygen atoms in total. The van der Waals surface area contributed by atoms with Crippen molar-refractivity contribution >= 4 is 23.5 Å². The Balaban J connectivity index is 2.35. The highest BCUT2D eigenvalue weighted by molar-refractivity contribution is 6.24. The van der Waals surface area contributed by atoms with Crippen LogP contribution < -0.4 is 5.32 Å². The Hall–Kier alpha value is -2.01. The van der Waals surface area contributed by atoms with Crippen LogP contribution in [0.15, 0.2) is 34.6 Å². The van der Waals surface area contributed by atoms with Gasteiger partial charge < -0.3 is 14.8 Å². The predicted molar refractivity (Wildman–Crippen MR) is 87.4 cm³/mol. The Bertz CT molecular complexity index is 682. The van der Waals surface area contributed by atoms with Crippen molar-refractivity contribution in [3.05, 3.63) is 47.1 Å². The molecule has 124 valence electrons. The lowest BCUT2D eigenvalue weighted by atomic mass is 9.71. The molecule has 1 heterocycles. The van der Waals surface area contributed by atoms with Crippen LogP contribution in [0.2, 0.25) is 0 Å². The second kappa shape index (κ2) is 6.24. The fourth-order valence-electron chi connectivity index (χ4n) is 2.83. The largest absolute Gasteiger partial charge is 0.481 e. The van der Waals surface area contributed by atoms with Crippen molar-refractivity contribution in [2.45, 2.75) is 33.1 Å². The standard InChI is InChI=1S/C17H20ClNO4/c1-9(2)17(16(21)22)7-12(5-6-13(17)18)19-15(20)14-10(3)8-23-11(14)4/h5-9,13H,1-4H3,(H,19,20)(H,21,22). The third kappa shape index (κ3) is 2.93. The molecule has 1 aliphatic rings. The number of aliphatic carboxylic acids is 1. The number of aryl methyl sites for hydroxylation is 2. The van der Waals surface area contributed by atoms with E-state index >= 15 is 0 Å². The van der Waals surface area contributed by atoms with Crippen LogP contribution in [0.3, 0.4) is 0 Å². The summed E-state index contributed by atoms with van der Waals surface area (Å²) >= 11 is 6.24. The van der Waals surface area contributed by atoms with Gasteiger partial charge in [-0.2, -0.15) is 0 Å². The number of carbonyl (C=O) groups excluding carboxylic acids is 1. The molecule has 2 rings (SSSR count). The number of hydrogen-bond acceptors (Lipinski definition) is 3. The van der Waals surface area contributed by atoms with Crippen LogP contribution in [-0.4, -0.2) is 22.4 Å². The number of rotatable bonds is 4. The Morgan fingerprint density at radius 1 is 1.39 bits per heavy atom. The molecule has 0 aromatic carbocycles. The zero-order valence-corrected chi connectivity index (χ0v) is 14.3. The van der Waals surface area contributed by atoms with Crippen molar-refractivity contribution in [2.24, 2.45) is 11.3 Å². The van der Waals surface area contributed by atoms with Gasteiger partial charge in [0.2, 0.25) is 0 Å². The molecule has 1 aromatic heterocycles. The van der Waals surface area contributed by atoms with Crippen molar-refractivity contribution in [2.75, 3.05) is 0 Å². The number of nitrogens with one attached hydrogen (secondary N) is 1. The first-order valence-electron chi connectivity index (χ1n) is 7.34. The minimum atomic E-state index is -1.26. The first-order valence-corrected chi connectivity index (χ1v) is 7.78. The molecule has 1 amide bonds. The van der Waals surface area contributed by atoms with Crippen LogP contribution in [0.4, 0.5) is 0 Å². The highest BCUT2D eigenvalue weighted by Gasteiger charge is 2.47. The average molecular weight is 338 g/mol. The SMILES string of the molecule is Cc1coc(C)c1C(=O)NC1=CC(C(=O)O)(C(C)C)C(Cl)C=C1. The molecular weight excluding hydrogens is 318 g/mol. The van der Waals surface area contributed by atoms with Gasteiger partial charge in [-0.1, -0.05) is 19.9 Å². The molecule has 0 radical (unpaired) electrons. The highest BCUT2D eigenvalue weighted by atomic mass is 35.5. The number of carboxylic acid groups (broad SMARTS) is 1. The van der Waals surface area contributed by atoms with Gasteiger partial charge in [0, 0.05) is 11.3 Å². The van der Waals surface area contributed by atoms with Crippen LogP contribution in [0, 0.1) is 25.2 Å². The number of alkyl halides is 1. The van der Waals surface area contributed by atoms with E-state index < -0.39 is 16.8 Å². The summed E-state index contributed by atoms with van der Waals surface area (Å²) in [5.41, 5.74) is 0.337. The lowest BCUT2D eigenvalue weighted by Gasteiger charge is -2.36. The fraction of sp³-hybridized carbons (Fsp3) is 0.412. The number of hydrogen-bond donors (Lipinski definition) is 2. The maximum Gasteiger partial charge on any atom is 0.315 e. The summed E-state index contributed by atoms with van der Waals surface area (Å²) in [5.74, 6) is -1.07. The third-order valence-electron chi connectivity index (χ3n) is 4.26. The Kier molecular flexibility index (Phi) is 4.71. The van der Waals surface area contributed by atoms with Gasteiger partial charge in [0.15, 0.2) is 0 Å². The predicted octanol–water partition coefficient (Wildman–Crippen LogP) is 3.41. The Morgan fingerprint density at radius 3 is 2.52 bits per heavy atom. The van der Waals surface area contributed by atoms with Gasteiger partial charge in [0.1, 0.15) is 11.2 Å². The van der Waals surface area contributed by atoms with Crippen LogP contribution in [0.1, 0.15) is 35.5 Å². The molecule has 0 aliphatic heterocycles. The monoisotopic (exact) mass is 337 g/mol. The molecule has 1 aromatic rings. The summed E-state index contributed by atoms with van der Waals surface area (Å²) in [6.45, 7) is 7.07. The van der Waals surface area contributed by atoms with Crippen molar-refractivity contribution in [3.63, 3.8) is 0 Å². The van der Waals surface area contributed by atoms with Gasteiger partial charge in [-0.05, 0) is 31.9 Å². The number of carbonyl (C=O) groups is 2. The lowest BCUT2D eigenvalue weighted by molar-refractivity contribution is -0.148. The summed E-state index contributed by atoms with van der Waals surface area (Å²) in [7, 11) is 0. The smallest absolute Gasteiger partial charge is 0.315 e. The second-order valence-electron chi connectivity index (χ2n) is 6.06. The summed E-state index contributed by atoms with van der Waals surface area (Å²) in [6, 6.07) is 0. The molecular formula is C17H20ClNO4. The molecule has 2 unspecified atom stereocenters. The van der Waals surface area contributed by atoms with E-state index in [9.17, 15) is 14.7 Å². The molecule has 23 heavy (non-hydrogen) atoms. The molecule has 0 saturated carbocycles. The van der Waals surface area contributed by atoms with Crippen molar-refractivity contribution in [3.8, 4) is 0 Å². The number of carboxylic acids is 1. The van der Waals surface area contributed by atoms with E-state index in [1.165, 1.54) is 12.3 Å². The van der Waals surface area contributed by atoms with Gasteiger partial charge in [-0.3, -0.25) is 9.59 Å². The topological polar surface area (TPSA) is 79.5 Å². The van der Waals surface area contributed by atoms with Crippen molar-refractivity contribution in [1.82, 2.24) is 5.32 Å². The summed E-state index contributed by atoms with van der Waals surface area (Å²) < 4.78 is 5.23. The maximum atomic E-state index is 12.4. The van der Waals surface area contributed by atoms with Crippen LogP contribution in [0.5, 0.6) is 0 Å². The quantitative estimate of drug-likeness (QED) is 0.825. The summed E-state index contributed by atoms with van der Waals surface area (Å²) in [6.07, 6.45) is 6.27. The van der Waals surface area contributed by atoms with Gasteiger partial charge in [-0.25, -0.2) is 0 Å². The number of allylic oxidation sites excluding steroid dienone is 2. The minimum absolute atomic E-state index is 0.239. The number of furan rings is 1. The Morgan fingerprint density at radius 2 is 2.04 bits per heavy atom. The van der Waals surface area contributed by atoms with Crippen molar-refractivity contribution < 1.29 is 19.1 Å². The number of amides is 1. The molecule has 6 heteroatoms. The highest BCUT2D eigenvalue weighted by Crippen LogP contribution is 2.41. The third-order valence-corrected chi connectivity index (χ3v) is 4.77. The normalized spacial score (nSPS) is 23.7. The van der Waals surface area contributed by atoms with Crippen molar-refractivity contribution in [1.29, 1.82) is 0 Å². The maximum absolute atomic E-state index is 12.4. The van der Waals surface area contributed by atoms with Gasteiger partial charge >= 0.3 is 5.97 Å². The first-order chi connectivity index (χ1) is 10.7. The second-order valence-corrected chi connectivity index (χ2v) is 6.53. The van der Waals surface area contributed by atoms with E-state index in [0.29, 0.717) is 17.0 Å². The minimum Gasteiger partial charge on any atom is -0.481 e. The van der Waals surface area contributed by atoms with Crippen LogP contribution >= 0.6 is 11.6 Å². The van der Waals surface area contributed by atoms with Crippen LogP contribution in [0.25, 0.3) is 0 Å². The Labute approximate surface area is 140 Å². The molecule has 0 spiro atoms. The van der Waals surface area contributed by atoms with Gasteiger partial charge in [0.25, 0.3) is 5.91 Å². The molecule has 2 N–H and O–H groups in total. The average Bonchev–Trinajstić information content (AvgIpc) is 2.79. The fourth-order valence-corrected chi connectivity index (χ4v) is 3.31. The van der Waals surface area contributed by atoms with E-state index in [0.717, 1.165) is 5.56 Å². The molecule has 0 saturated heterocycles. The van der Waals surface area contributed by atoms with E-state index in [-0.39, 0.29) is 11.8 Å². The zero-order valence-electron chi connectivity index (χ0n) is 13.5. The summed E-state index contributed by atoms with van der Waals surface area (Å²) in [4.78, 5) is 24.2. The van der Waals surface area contributed by atoms with Crippen LogP contribution in [-0.2, 0) is 4.79 Å². The zero-order chi connectivity index (χ0) is 17.4. The van der Waals surface area contributed by atoms with E-state index in [1.54, 1.807) is 39.8 Å². The molecule has 2 atom stereocenters. The molecule has 0 fully saturated rings. The molecule has 0 bridgehead atoms. The lowest BCUT2D eigenvalue weighted by Crippen LogP contribution is -2.44.